The molecule has 67 heavy (non-hydrogen) atoms. The highest BCUT2D eigenvalue weighted by atomic mass is 15.1. The first kappa shape index (κ1) is 37.0. The van der Waals surface area contributed by atoms with E-state index in [0.717, 1.165) is 110 Å². The number of pyridine rings is 3. The summed E-state index contributed by atoms with van der Waals surface area (Å²) < 4.78 is 2.16. The van der Waals surface area contributed by atoms with Crippen molar-refractivity contribution in [1.29, 1.82) is 0 Å². The molecule has 312 valence electrons. The molecule has 10 heteroatoms. The van der Waals surface area contributed by atoms with Gasteiger partial charge in [-0.15, -0.1) is 0 Å². The van der Waals surface area contributed by atoms with Gasteiger partial charge in [0.15, 0.2) is 5.82 Å². The molecule has 0 saturated heterocycles. The van der Waals surface area contributed by atoms with Crippen molar-refractivity contribution >= 4 is 70.9 Å². The molecule has 10 nitrogen and oxygen atoms in total. The third kappa shape index (κ3) is 5.80. The first-order valence-corrected chi connectivity index (χ1v) is 22.1. The molecule has 0 amide bonds. The Bertz CT molecular complexity index is 4280. The van der Waals surface area contributed by atoms with Gasteiger partial charge in [0, 0.05) is 84.5 Å². The van der Waals surface area contributed by atoms with E-state index in [1.54, 1.807) is 6.20 Å². The highest BCUT2D eigenvalue weighted by Gasteiger charge is 2.33. The summed E-state index contributed by atoms with van der Waals surface area (Å²) in [6, 6.07) is 58.1. The molecule has 14 rings (SSSR count). The maximum absolute atomic E-state index is 5.72. The molecule has 0 aliphatic carbocycles. The third-order valence-corrected chi connectivity index (χ3v) is 12.9. The van der Waals surface area contributed by atoms with Gasteiger partial charge >= 0.3 is 0 Å². The molecule has 0 aliphatic heterocycles. The van der Waals surface area contributed by atoms with Crippen LogP contribution in [0.2, 0.25) is 0 Å². The van der Waals surface area contributed by atoms with Crippen LogP contribution < -0.4 is 0 Å². The first-order valence-electron chi connectivity index (χ1n) is 22.1. The second kappa shape index (κ2) is 14.6. The highest BCUT2D eigenvalue weighted by molar-refractivity contribution is 6.23. The molecule has 0 unspecified atom stereocenters. The van der Waals surface area contributed by atoms with Crippen LogP contribution in [0, 0.1) is 0 Å². The van der Waals surface area contributed by atoms with Crippen molar-refractivity contribution in [3.63, 3.8) is 0 Å². The van der Waals surface area contributed by atoms with E-state index in [0.29, 0.717) is 28.4 Å². The van der Waals surface area contributed by atoms with E-state index in [1.165, 1.54) is 0 Å². The van der Waals surface area contributed by atoms with Gasteiger partial charge in [-0.25, -0.2) is 19.9 Å². The Kier molecular flexibility index (Phi) is 8.04. The van der Waals surface area contributed by atoms with Crippen LogP contribution >= 0.6 is 0 Å². The Balaban J connectivity index is 1.28. The number of hydrogen-bond donors (Lipinski definition) is 2. The SMILES string of the molecule is c1ccc2nc(-c3c(-c4ccn5ccccc45)c(-c4n[nH]c5ccccc45)c(-c4cc5ccccc5[nH]4)c4nc(-c5cnc6ccccc6n5)nc(-c5nccc6ccccc56)c34)ccc2c1. The number of aromatic nitrogens is 10. The number of benzene rings is 6. The third-order valence-electron chi connectivity index (χ3n) is 12.9. The standard InChI is InChI=1S/C57H34N10/c1-4-16-36-33(13-1)26-28-58-54(36)56-52-49(44-25-24-34-14-2-6-18-39(34)60-44)48(38-27-30-67-29-12-11-23-47(38)67)51(53-37-17-5-8-20-41(37)65-66-53)50(45-31-35-15-3-7-19-40(35)61-45)55(52)63-57(64-56)46-32-59-42-21-9-10-22-43(42)62-46/h1-32,61H,(H,65,66). The van der Waals surface area contributed by atoms with Gasteiger partial charge in [0.25, 0.3) is 0 Å². The lowest BCUT2D eigenvalue weighted by molar-refractivity contribution is 1.12. The van der Waals surface area contributed by atoms with Crippen molar-refractivity contribution in [3.8, 4) is 67.8 Å². The lowest BCUT2D eigenvalue weighted by Crippen LogP contribution is -2.05. The van der Waals surface area contributed by atoms with Gasteiger partial charge in [-0.05, 0) is 72.1 Å². The second-order valence-corrected chi connectivity index (χ2v) is 16.7. The Labute approximate surface area is 381 Å². The van der Waals surface area contributed by atoms with E-state index >= 15 is 0 Å². The van der Waals surface area contributed by atoms with Gasteiger partial charge in [0.05, 0.1) is 50.7 Å². The van der Waals surface area contributed by atoms with Crippen LogP contribution in [0.25, 0.3) is 139 Å². The number of aromatic amines is 2. The molecule has 0 aliphatic rings. The molecule has 2 N–H and O–H groups in total. The van der Waals surface area contributed by atoms with Crippen molar-refractivity contribution in [2.24, 2.45) is 0 Å². The number of nitrogens with zero attached hydrogens (tertiary/aromatic N) is 8. The lowest BCUT2D eigenvalue weighted by Gasteiger charge is -2.23. The summed E-state index contributed by atoms with van der Waals surface area (Å²) in [6.07, 6.45) is 7.83. The van der Waals surface area contributed by atoms with E-state index in [2.05, 4.69) is 142 Å². The van der Waals surface area contributed by atoms with Gasteiger partial charge < -0.3 is 9.38 Å². The normalized spacial score (nSPS) is 11.9. The molecule has 0 bridgehead atoms. The molecule has 8 heterocycles. The van der Waals surface area contributed by atoms with Crippen LogP contribution in [0.1, 0.15) is 0 Å². The molecule has 0 atom stereocenters. The number of hydrogen-bond acceptors (Lipinski definition) is 7. The van der Waals surface area contributed by atoms with E-state index in [-0.39, 0.29) is 0 Å². The van der Waals surface area contributed by atoms with Crippen LogP contribution in [0.5, 0.6) is 0 Å². The van der Waals surface area contributed by atoms with Gasteiger partial charge in [-0.1, -0.05) is 103 Å². The smallest absolute Gasteiger partial charge is 0.181 e. The van der Waals surface area contributed by atoms with Crippen LogP contribution in [-0.2, 0) is 0 Å². The average Bonchev–Trinajstić information content (AvgIpc) is 4.14. The number of para-hydroxylation sites is 5. The Morgan fingerprint density at radius 1 is 0.448 bits per heavy atom. The van der Waals surface area contributed by atoms with E-state index in [4.69, 9.17) is 35.0 Å². The lowest BCUT2D eigenvalue weighted by atomic mass is 9.82. The summed E-state index contributed by atoms with van der Waals surface area (Å²) in [5.41, 5.74) is 14.7. The molecule has 0 saturated carbocycles. The molecule has 6 aromatic carbocycles. The van der Waals surface area contributed by atoms with Gasteiger partial charge in [-0.2, -0.15) is 5.10 Å². The summed E-state index contributed by atoms with van der Waals surface area (Å²) in [7, 11) is 0. The largest absolute Gasteiger partial charge is 0.354 e. The highest BCUT2D eigenvalue weighted by Crippen LogP contribution is 2.54. The van der Waals surface area contributed by atoms with E-state index in [1.807, 2.05) is 60.8 Å². The minimum absolute atomic E-state index is 0.408. The molecular formula is C57H34N10. The number of rotatable bonds is 6. The zero-order valence-corrected chi connectivity index (χ0v) is 35.6. The predicted octanol–water partition coefficient (Wildman–Crippen LogP) is 13.3. The van der Waals surface area contributed by atoms with Crippen molar-refractivity contribution < 1.29 is 0 Å². The molecule has 0 fully saturated rings. The van der Waals surface area contributed by atoms with E-state index in [9.17, 15) is 0 Å². The van der Waals surface area contributed by atoms with Crippen molar-refractivity contribution in [2.45, 2.75) is 0 Å². The fourth-order valence-electron chi connectivity index (χ4n) is 9.89. The van der Waals surface area contributed by atoms with Crippen LogP contribution in [0.4, 0.5) is 0 Å². The summed E-state index contributed by atoms with van der Waals surface area (Å²) >= 11 is 0. The van der Waals surface area contributed by atoms with Gasteiger partial charge in [0.1, 0.15) is 17.1 Å². The maximum atomic E-state index is 5.72. The van der Waals surface area contributed by atoms with Crippen molar-refractivity contribution in [1.82, 2.24) is 49.5 Å². The maximum Gasteiger partial charge on any atom is 0.181 e. The number of nitrogens with one attached hydrogen (secondary N) is 2. The predicted molar refractivity (Wildman–Crippen MR) is 268 cm³/mol. The summed E-state index contributed by atoms with van der Waals surface area (Å²) in [5.74, 6) is 0.408. The molecule has 0 spiro atoms. The summed E-state index contributed by atoms with van der Waals surface area (Å²) in [6.45, 7) is 0. The van der Waals surface area contributed by atoms with Crippen molar-refractivity contribution in [2.75, 3.05) is 0 Å². The minimum atomic E-state index is 0.408. The van der Waals surface area contributed by atoms with Gasteiger partial charge in [0.2, 0.25) is 0 Å². The molecule has 8 aromatic heterocycles. The zero-order valence-electron chi connectivity index (χ0n) is 35.6. The Morgan fingerprint density at radius 3 is 2.09 bits per heavy atom. The zero-order chi connectivity index (χ0) is 44.0. The first-order chi connectivity index (χ1) is 33.2. The fourth-order valence-corrected chi connectivity index (χ4v) is 9.89. The monoisotopic (exact) mass is 858 g/mol. The van der Waals surface area contributed by atoms with Crippen molar-refractivity contribution in [3.05, 3.63) is 195 Å². The fraction of sp³-hybridized carbons (Fsp3) is 0. The topological polar surface area (TPSA) is 126 Å². The summed E-state index contributed by atoms with van der Waals surface area (Å²) in [5, 5.41) is 14.5. The second-order valence-electron chi connectivity index (χ2n) is 16.7. The molecule has 14 aromatic rings. The van der Waals surface area contributed by atoms with E-state index < -0.39 is 0 Å². The number of fused-ring (bicyclic) bond motifs is 7. The Hall–Kier alpha value is -9.41. The van der Waals surface area contributed by atoms with Crippen LogP contribution in [0.3, 0.4) is 0 Å². The average molecular weight is 859 g/mol. The van der Waals surface area contributed by atoms with Crippen LogP contribution in [0.15, 0.2) is 195 Å². The Morgan fingerprint density at radius 2 is 1.19 bits per heavy atom. The quantitative estimate of drug-likeness (QED) is 0.170. The van der Waals surface area contributed by atoms with Gasteiger partial charge in [-0.3, -0.25) is 15.1 Å². The van der Waals surface area contributed by atoms with Crippen LogP contribution in [-0.4, -0.2) is 49.5 Å². The minimum Gasteiger partial charge on any atom is -0.354 e. The molecule has 0 radical (unpaired) electrons. The molecular weight excluding hydrogens is 825 g/mol. The number of H-pyrrole nitrogens is 2. The summed E-state index contributed by atoms with van der Waals surface area (Å²) in [4.78, 5) is 36.0.